The van der Waals surface area contributed by atoms with Crippen LogP contribution in [0.3, 0.4) is 0 Å². The van der Waals surface area contributed by atoms with Crippen molar-refractivity contribution in [3.8, 4) is 0 Å². The van der Waals surface area contributed by atoms with Gasteiger partial charge < -0.3 is 21.3 Å². The van der Waals surface area contributed by atoms with E-state index in [4.69, 9.17) is 21.3 Å². The Labute approximate surface area is 131 Å². The summed E-state index contributed by atoms with van der Waals surface area (Å²) in [7, 11) is 2.58. The number of rotatable bonds is 9. The lowest BCUT2D eigenvalue weighted by Gasteiger charge is -2.11. The van der Waals surface area contributed by atoms with Crippen LogP contribution in [0.4, 0.5) is 0 Å². The molecular weight excluding hydrogens is 312 g/mol. The molecular formula is C13H18N2O4S2. The van der Waals surface area contributed by atoms with Gasteiger partial charge in [0.05, 0.1) is 0 Å². The summed E-state index contributed by atoms with van der Waals surface area (Å²) < 4.78 is 5.10. The number of aliphatic carboxylic acids is 1. The molecule has 0 aromatic heterocycles. The lowest BCUT2D eigenvalue weighted by atomic mass is 10.2. The van der Waals surface area contributed by atoms with Gasteiger partial charge in [-0.15, -0.1) is 0 Å². The first-order valence-electron chi connectivity index (χ1n) is 6.19. The summed E-state index contributed by atoms with van der Waals surface area (Å²) in [6.45, 7) is 0.190. The van der Waals surface area contributed by atoms with Crippen LogP contribution in [0.5, 0.6) is 0 Å². The SMILES string of the molecule is NC(CSSC[C@H](N)C(=O)OCc1ccccc1)C(=O)O. The van der Waals surface area contributed by atoms with Crippen molar-refractivity contribution in [2.45, 2.75) is 18.7 Å². The third kappa shape index (κ3) is 7.37. The van der Waals surface area contributed by atoms with Gasteiger partial charge in [0.15, 0.2) is 0 Å². The minimum absolute atomic E-state index is 0.190. The number of esters is 1. The Morgan fingerprint density at radius 3 is 2.24 bits per heavy atom. The van der Waals surface area contributed by atoms with Crippen LogP contribution in [-0.2, 0) is 20.9 Å². The molecule has 1 rings (SSSR count). The van der Waals surface area contributed by atoms with Crippen LogP contribution in [0, 0.1) is 0 Å². The number of nitrogens with two attached hydrogens (primary N) is 2. The largest absolute Gasteiger partial charge is 0.480 e. The third-order valence-corrected chi connectivity index (χ3v) is 4.90. The van der Waals surface area contributed by atoms with Gasteiger partial charge in [0.2, 0.25) is 0 Å². The smallest absolute Gasteiger partial charge is 0.324 e. The number of carbonyl (C=O) groups is 2. The minimum atomic E-state index is -1.05. The standard InChI is InChI=1S/C13H18N2O4S2/c14-10(12(16)17)7-20-21-8-11(15)13(18)19-6-9-4-2-1-3-5-9/h1-5,10-11H,6-8,14-15H2,(H,16,17)/t10?,11-/m0/s1. The monoisotopic (exact) mass is 330 g/mol. The quantitative estimate of drug-likeness (QED) is 0.347. The van der Waals surface area contributed by atoms with E-state index in [-0.39, 0.29) is 12.4 Å². The van der Waals surface area contributed by atoms with Gasteiger partial charge in [-0.05, 0) is 5.56 Å². The van der Waals surface area contributed by atoms with Gasteiger partial charge in [-0.1, -0.05) is 51.9 Å². The normalized spacial score (nSPS) is 13.4. The van der Waals surface area contributed by atoms with Crippen molar-refractivity contribution in [1.82, 2.24) is 0 Å². The number of hydrogen-bond acceptors (Lipinski definition) is 7. The van der Waals surface area contributed by atoms with Gasteiger partial charge in [0, 0.05) is 11.5 Å². The lowest BCUT2D eigenvalue weighted by Crippen LogP contribution is -2.34. The van der Waals surface area contributed by atoms with E-state index in [0.29, 0.717) is 5.75 Å². The molecule has 0 bridgehead atoms. The van der Waals surface area contributed by atoms with Gasteiger partial charge in [0.25, 0.3) is 0 Å². The van der Waals surface area contributed by atoms with Crippen LogP contribution in [0.2, 0.25) is 0 Å². The molecule has 2 atom stereocenters. The second-order valence-corrected chi connectivity index (χ2v) is 6.77. The maximum absolute atomic E-state index is 11.7. The Balaban J connectivity index is 2.18. The van der Waals surface area contributed by atoms with E-state index in [9.17, 15) is 9.59 Å². The van der Waals surface area contributed by atoms with Crippen LogP contribution in [0.1, 0.15) is 5.56 Å². The lowest BCUT2D eigenvalue weighted by molar-refractivity contribution is -0.146. The Morgan fingerprint density at radius 1 is 1.10 bits per heavy atom. The molecule has 0 radical (unpaired) electrons. The molecule has 0 saturated carbocycles. The zero-order valence-corrected chi connectivity index (χ0v) is 12.9. The second kappa shape index (κ2) is 9.67. The van der Waals surface area contributed by atoms with Gasteiger partial charge in [-0.2, -0.15) is 0 Å². The fraction of sp³-hybridized carbons (Fsp3) is 0.385. The number of benzene rings is 1. The Morgan fingerprint density at radius 2 is 1.67 bits per heavy atom. The van der Waals surface area contributed by atoms with E-state index >= 15 is 0 Å². The van der Waals surface area contributed by atoms with E-state index in [0.717, 1.165) is 5.56 Å². The van der Waals surface area contributed by atoms with Crippen molar-refractivity contribution < 1.29 is 19.4 Å². The third-order valence-electron chi connectivity index (χ3n) is 2.42. The zero-order chi connectivity index (χ0) is 15.7. The van der Waals surface area contributed by atoms with E-state index in [1.165, 1.54) is 21.6 Å². The highest BCUT2D eigenvalue weighted by molar-refractivity contribution is 8.76. The molecule has 1 aromatic carbocycles. The predicted octanol–water partition coefficient (Wildman–Crippen LogP) is 0.850. The number of carboxylic acid groups (broad SMARTS) is 1. The van der Waals surface area contributed by atoms with Crippen molar-refractivity contribution in [1.29, 1.82) is 0 Å². The summed E-state index contributed by atoms with van der Waals surface area (Å²) in [5, 5.41) is 8.61. The van der Waals surface area contributed by atoms with Crippen LogP contribution in [0.25, 0.3) is 0 Å². The molecule has 1 aromatic rings. The van der Waals surface area contributed by atoms with Crippen LogP contribution < -0.4 is 11.5 Å². The Bertz CT molecular complexity index is 459. The topological polar surface area (TPSA) is 116 Å². The minimum Gasteiger partial charge on any atom is -0.480 e. The van der Waals surface area contributed by atoms with Crippen molar-refractivity contribution in [2.24, 2.45) is 11.5 Å². The molecule has 0 saturated heterocycles. The van der Waals surface area contributed by atoms with E-state index < -0.39 is 24.0 Å². The summed E-state index contributed by atoms with van der Waals surface area (Å²) in [6.07, 6.45) is 0. The highest BCUT2D eigenvalue weighted by atomic mass is 33.1. The molecule has 0 fully saturated rings. The van der Waals surface area contributed by atoms with E-state index in [1.807, 2.05) is 30.3 Å². The number of carbonyl (C=O) groups excluding carboxylic acids is 1. The molecule has 6 nitrogen and oxygen atoms in total. The molecule has 116 valence electrons. The highest BCUT2D eigenvalue weighted by Gasteiger charge is 2.16. The summed E-state index contributed by atoms with van der Waals surface area (Å²) in [6, 6.07) is 7.67. The zero-order valence-electron chi connectivity index (χ0n) is 11.3. The van der Waals surface area contributed by atoms with Crippen LogP contribution in [-0.4, -0.2) is 40.6 Å². The first-order valence-corrected chi connectivity index (χ1v) is 8.68. The molecule has 0 aliphatic carbocycles. The molecule has 0 aliphatic heterocycles. The fourth-order valence-electron chi connectivity index (χ4n) is 1.22. The fourth-order valence-corrected chi connectivity index (χ4v) is 3.44. The highest BCUT2D eigenvalue weighted by Crippen LogP contribution is 2.22. The molecule has 0 aliphatic rings. The Hall–Kier alpha value is -1.22. The van der Waals surface area contributed by atoms with E-state index in [2.05, 4.69) is 0 Å². The molecule has 21 heavy (non-hydrogen) atoms. The maximum Gasteiger partial charge on any atom is 0.324 e. The van der Waals surface area contributed by atoms with Crippen molar-refractivity contribution >= 4 is 33.5 Å². The van der Waals surface area contributed by atoms with Gasteiger partial charge in [0.1, 0.15) is 18.7 Å². The van der Waals surface area contributed by atoms with Crippen LogP contribution in [0.15, 0.2) is 30.3 Å². The molecule has 8 heteroatoms. The van der Waals surface area contributed by atoms with Gasteiger partial charge in [-0.3, -0.25) is 9.59 Å². The second-order valence-electron chi connectivity index (χ2n) is 4.21. The average Bonchev–Trinajstić information content (AvgIpc) is 2.49. The van der Waals surface area contributed by atoms with Crippen LogP contribution >= 0.6 is 21.6 Å². The van der Waals surface area contributed by atoms with Gasteiger partial charge >= 0.3 is 11.9 Å². The van der Waals surface area contributed by atoms with Crippen molar-refractivity contribution in [2.75, 3.05) is 11.5 Å². The molecule has 1 unspecified atom stereocenters. The molecule has 5 N–H and O–H groups in total. The number of hydrogen-bond donors (Lipinski definition) is 3. The average molecular weight is 330 g/mol. The van der Waals surface area contributed by atoms with Gasteiger partial charge in [-0.25, -0.2) is 0 Å². The number of carboxylic acids is 1. The summed E-state index contributed by atoms with van der Waals surface area (Å²) in [4.78, 5) is 22.2. The summed E-state index contributed by atoms with van der Waals surface area (Å²) in [5.74, 6) is -0.930. The van der Waals surface area contributed by atoms with Crippen molar-refractivity contribution in [3.63, 3.8) is 0 Å². The Kier molecular flexibility index (Phi) is 8.21. The maximum atomic E-state index is 11.7. The number of ether oxygens (including phenoxy) is 1. The first-order chi connectivity index (χ1) is 10.0. The first kappa shape index (κ1) is 17.8. The van der Waals surface area contributed by atoms with Crippen molar-refractivity contribution in [3.05, 3.63) is 35.9 Å². The summed E-state index contributed by atoms with van der Waals surface area (Å²) >= 11 is 0. The van der Waals surface area contributed by atoms with E-state index in [1.54, 1.807) is 0 Å². The molecule has 0 amide bonds. The molecule has 0 heterocycles. The summed E-state index contributed by atoms with van der Waals surface area (Å²) in [5.41, 5.74) is 11.9. The predicted molar refractivity (Wildman–Crippen MR) is 84.7 cm³/mol. The molecule has 0 spiro atoms.